The first kappa shape index (κ1) is 11.3. The van der Waals surface area contributed by atoms with Gasteiger partial charge in [0.25, 0.3) is 0 Å². The summed E-state index contributed by atoms with van der Waals surface area (Å²) in [5.74, 6) is 0.426. The van der Waals surface area contributed by atoms with Crippen LogP contribution in [-0.4, -0.2) is 11.7 Å². The van der Waals surface area contributed by atoms with Gasteiger partial charge in [0, 0.05) is 10.6 Å². The molecule has 0 fully saturated rings. The minimum absolute atomic E-state index is 0.132. The number of nitrogens with two attached hydrogens (primary N) is 1. The highest BCUT2D eigenvalue weighted by Crippen LogP contribution is 2.35. The molecule has 1 aromatic carbocycles. The molecule has 0 aromatic heterocycles. The predicted octanol–water partition coefficient (Wildman–Crippen LogP) is 2.72. The van der Waals surface area contributed by atoms with E-state index in [0.717, 1.165) is 21.7 Å². The van der Waals surface area contributed by atoms with E-state index in [1.54, 1.807) is 6.07 Å². The van der Waals surface area contributed by atoms with Crippen LogP contribution >= 0.6 is 11.6 Å². The number of phenols is 1. The van der Waals surface area contributed by atoms with Gasteiger partial charge >= 0.3 is 0 Å². The SMILES string of the molecule is Cc1cc(O)c(C(C)CN)c(C)c1Cl. The Morgan fingerprint density at radius 3 is 2.57 bits per heavy atom. The molecule has 0 aliphatic rings. The predicted molar refractivity (Wildman–Crippen MR) is 60.1 cm³/mol. The highest BCUT2D eigenvalue weighted by Gasteiger charge is 2.15. The van der Waals surface area contributed by atoms with Crippen molar-refractivity contribution in [3.63, 3.8) is 0 Å². The third kappa shape index (κ3) is 1.86. The lowest BCUT2D eigenvalue weighted by Crippen LogP contribution is -2.10. The smallest absolute Gasteiger partial charge is 0.119 e. The Hall–Kier alpha value is -0.730. The van der Waals surface area contributed by atoms with Crippen molar-refractivity contribution in [3.05, 3.63) is 27.8 Å². The Balaban J connectivity index is 3.36. The second-order valence-corrected chi connectivity index (χ2v) is 4.08. The van der Waals surface area contributed by atoms with Gasteiger partial charge in [-0.2, -0.15) is 0 Å². The molecule has 3 heteroatoms. The Kier molecular flexibility index (Phi) is 3.40. The van der Waals surface area contributed by atoms with Crippen molar-refractivity contribution in [2.45, 2.75) is 26.7 Å². The van der Waals surface area contributed by atoms with E-state index in [1.807, 2.05) is 20.8 Å². The van der Waals surface area contributed by atoms with E-state index < -0.39 is 0 Å². The fourth-order valence-corrected chi connectivity index (χ4v) is 1.85. The number of benzene rings is 1. The Labute approximate surface area is 89.7 Å². The summed E-state index contributed by atoms with van der Waals surface area (Å²) in [6, 6.07) is 1.69. The minimum atomic E-state index is 0.132. The summed E-state index contributed by atoms with van der Waals surface area (Å²) in [5, 5.41) is 10.5. The standard InChI is InChI=1S/C11H16ClNO/c1-6-4-9(14)10(7(2)5-13)8(3)11(6)12/h4,7,14H,5,13H2,1-3H3. The molecule has 0 aliphatic carbocycles. The molecule has 2 nitrogen and oxygen atoms in total. The van der Waals surface area contributed by atoms with Crippen molar-refractivity contribution in [1.29, 1.82) is 0 Å². The normalized spacial score (nSPS) is 12.9. The van der Waals surface area contributed by atoms with Crippen molar-refractivity contribution in [2.75, 3.05) is 6.54 Å². The molecule has 0 saturated carbocycles. The molecule has 78 valence electrons. The molecule has 14 heavy (non-hydrogen) atoms. The van der Waals surface area contributed by atoms with E-state index in [-0.39, 0.29) is 5.92 Å². The third-order valence-electron chi connectivity index (χ3n) is 2.55. The fraction of sp³-hybridized carbons (Fsp3) is 0.455. The molecule has 0 saturated heterocycles. The molecule has 0 radical (unpaired) electrons. The van der Waals surface area contributed by atoms with Gasteiger partial charge in [0.15, 0.2) is 0 Å². The van der Waals surface area contributed by atoms with Gasteiger partial charge in [-0.15, -0.1) is 0 Å². The molecular weight excluding hydrogens is 198 g/mol. The van der Waals surface area contributed by atoms with Gasteiger partial charge in [-0.1, -0.05) is 18.5 Å². The number of hydrogen-bond donors (Lipinski definition) is 2. The first-order chi connectivity index (χ1) is 6.49. The molecule has 0 amide bonds. The number of rotatable bonds is 2. The average molecular weight is 214 g/mol. The topological polar surface area (TPSA) is 46.2 Å². The summed E-state index contributed by atoms with van der Waals surface area (Å²) in [6.45, 7) is 6.28. The van der Waals surface area contributed by atoms with Crippen molar-refractivity contribution in [2.24, 2.45) is 5.73 Å². The maximum atomic E-state index is 9.78. The molecule has 0 heterocycles. The van der Waals surface area contributed by atoms with Crippen molar-refractivity contribution < 1.29 is 5.11 Å². The highest BCUT2D eigenvalue weighted by molar-refractivity contribution is 6.32. The van der Waals surface area contributed by atoms with Gasteiger partial charge in [0.2, 0.25) is 0 Å². The molecule has 0 bridgehead atoms. The molecule has 1 unspecified atom stereocenters. The van der Waals surface area contributed by atoms with Gasteiger partial charge in [-0.05, 0) is 43.5 Å². The fourth-order valence-electron chi connectivity index (χ4n) is 1.69. The summed E-state index contributed by atoms with van der Waals surface area (Å²) >= 11 is 6.10. The first-order valence-electron chi connectivity index (χ1n) is 4.67. The van der Waals surface area contributed by atoms with E-state index in [0.29, 0.717) is 12.3 Å². The van der Waals surface area contributed by atoms with E-state index in [1.165, 1.54) is 0 Å². The zero-order valence-electron chi connectivity index (χ0n) is 8.76. The van der Waals surface area contributed by atoms with Crippen molar-refractivity contribution in [1.82, 2.24) is 0 Å². The van der Waals surface area contributed by atoms with Crippen LogP contribution in [0.1, 0.15) is 29.5 Å². The van der Waals surface area contributed by atoms with Crippen LogP contribution < -0.4 is 5.73 Å². The third-order valence-corrected chi connectivity index (χ3v) is 3.14. The van der Waals surface area contributed by atoms with E-state index in [2.05, 4.69) is 0 Å². The van der Waals surface area contributed by atoms with Gasteiger partial charge in [0.05, 0.1) is 0 Å². The van der Waals surface area contributed by atoms with Crippen LogP contribution in [0.2, 0.25) is 5.02 Å². The average Bonchev–Trinajstić information content (AvgIpc) is 2.14. The highest BCUT2D eigenvalue weighted by atomic mass is 35.5. The van der Waals surface area contributed by atoms with Crippen molar-refractivity contribution in [3.8, 4) is 5.75 Å². The Morgan fingerprint density at radius 2 is 2.07 bits per heavy atom. The summed E-state index contributed by atoms with van der Waals surface area (Å²) in [6.07, 6.45) is 0. The lowest BCUT2D eigenvalue weighted by molar-refractivity contribution is 0.462. The monoisotopic (exact) mass is 213 g/mol. The van der Waals surface area contributed by atoms with Crippen LogP contribution in [0.4, 0.5) is 0 Å². The Morgan fingerprint density at radius 1 is 1.50 bits per heavy atom. The van der Waals surface area contributed by atoms with Gasteiger partial charge in [-0.3, -0.25) is 0 Å². The maximum Gasteiger partial charge on any atom is 0.119 e. The van der Waals surface area contributed by atoms with Crippen LogP contribution in [-0.2, 0) is 0 Å². The van der Waals surface area contributed by atoms with Crippen LogP contribution in [0, 0.1) is 13.8 Å². The summed E-state index contributed by atoms with van der Waals surface area (Å²) < 4.78 is 0. The van der Waals surface area contributed by atoms with E-state index in [4.69, 9.17) is 17.3 Å². The van der Waals surface area contributed by atoms with Crippen LogP contribution in [0.3, 0.4) is 0 Å². The number of hydrogen-bond acceptors (Lipinski definition) is 2. The molecular formula is C11H16ClNO. The Bertz CT molecular complexity index is 350. The molecule has 0 spiro atoms. The number of aryl methyl sites for hydroxylation is 1. The second kappa shape index (κ2) is 4.20. The van der Waals surface area contributed by atoms with Crippen LogP contribution in [0.15, 0.2) is 6.07 Å². The van der Waals surface area contributed by atoms with Crippen LogP contribution in [0.5, 0.6) is 5.75 Å². The zero-order chi connectivity index (χ0) is 10.9. The largest absolute Gasteiger partial charge is 0.508 e. The molecule has 0 aliphatic heterocycles. The van der Waals surface area contributed by atoms with Crippen molar-refractivity contribution >= 4 is 11.6 Å². The number of phenolic OH excluding ortho intramolecular Hbond substituents is 1. The van der Waals surface area contributed by atoms with Crippen LogP contribution in [0.25, 0.3) is 0 Å². The molecule has 3 N–H and O–H groups in total. The summed E-state index contributed by atoms with van der Waals surface area (Å²) in [5.41, 5.74) is 8.27. The maximum absolute atomic E-state index is 9.78. The second-order valence-electron chi connectivity index (χ2n) is 3.70. The lowest BCUT2D eigenvalue weighted by atomic mass is 9.94. The van der Waals surface area contributed by atoms with Gasteiger partial charge in [-0.25, -0.2) is 0 Å². The number of halogens is 1. The minimum Gasteiger partial charge on any atom is -0.508 e. The van der Waals surface area contributed by atoms with E-state index >= 15 is 0 Å². The van der Waals surface area contributed by atoms with E-state index in [9.17, 15) is 5.11 Å². The lowest BCUT2D eigenvalue weighted by Gasteiger charge is -2.16. The van der Waals surface area contributed by atoms with Gasteiger partial charge in [0.1, 0.15) is 5.75 Å². The van der Waals surface area contributed by atoms with Gasteiger partial charge < -0.3 is 10.8 Å². The zero-order valence-corrected chi connectivity index (χ0v) is 9.52. The summed E-state index contributed by atoms with van der Waals surface area (Å²) in [7, 11) is 0. The molecule has 1 atom stereocenters. The quantitative estimate of drug-likeness (QED) is 0.794. The molecule has 1 rings (SSSR count). The first-order valence-corrected chi connectivity index (χ1v) is 5.05. The number of aromatic hydroxyl groups is 1. The molecule has 1 aromatic rings. The summed E-state index contributed by atoms with van der Waals surface area (Å²) in [4.78, 5) is 0.